The van der Waals surface area contributed by atoms with E-state index in [9.17, 15) is 19.5 Å². The van der Waals surface area contributed by atoms with Crippen LogP contribution in [-0.2, 0) is 14.4 Å². The summed E-state index contributed by atoms with van der Waals surface area (Å²) < 4.78 is 0. The maximum atomic E-state index is 12.5. The first kappa shape index (κ1) is 21.5. The Kier molecular flexibility index (Phi) is 7.03. The third-order valence-corrected chi connectivity index (χ3v) is 4.52. The molecule has 1 rings (SSSR count). The number of rotatable bonds is 5. The van der Waals surface area contributed by atoms with E-state index >= 15 is 0 Å². The van der Waals surface area contributed by atoms with Crippen LogP contribution < -0.4 is 5.32 Å². The second-order valence-corrected chi connectivity index (χ2v) is 9.34. The summed E-state index contributed by atoms with van der Waals surface area (Å²) in [5.41, 5.74) is -0.464. The Labute approximate surface area is 151 Å². The van der Waals surface area contributed by atoms with Gasteiger partial charge in [0.2, 0.25) is 11.8 Å². The van der Waals surface area contributed by atoms with Crippen LogP contribution in [0, 0.1) is 16.7 Å². The predicted octanol–water partition coefficient (Wildman–Crippen LogP) is 2.67. The van der Waals surface area contributed by atoms with E-state index in [1.54, 1.807) is 4.90 Å². The number of aliphatic carboxylic acids is 1. The monoisotopic (exact) mass is 354 g/mol. The van der Waals surface area contributed by atoms with Gasteiger partial charge in [0.25, 0.3) is 0 Å². The fraction of sp³-hybridized carbons (Fsp3) is 0.842. The molecule has 1 heterocycles. The number of carboxylic acids is 1. The Morgan fingerprint density at radius 2 is 1.76 bits per heavy atom. The van der Waals surface area contributed by atoms with Gasteiger partial charge < -0.3 is 15.3 Å². The van der Waals surface area contributed by atoms with Gasteiger partial charge in [0, 0.05) is 18.5 Å². The van der Waals surface area contributed by atoms with Crippen LogP contribution in [0.1, 0.15) is 67.2 Å². The van der Waals surface area contributed by atoms with Crippen LogP contribution in [0.3, 0.4) is 0 Å². The Morgan fingerprint density at radius 1 is 1.16 bits per heavy atom. The van der Waals surface area contributed by atoms with Gasteiger partial charge in [-0.05, 0) is 31.1 Å². The first-order chi connectivity index (χ1) is 11.3. The predicted molar refractivity (Wildman–Crippen MR) is 97.0 cm³/mol. The Balaban J connectivity index is 2.68. The van der Waals surface area contributed by atoms with Crippen molar-refractivity contribution in [3.8, 4) is 0 Å². The molecule has 2 atom stereocenters. The van der Waals surface area contributed by atoms with Crippen molar-refractivity contribution in [2.45, 2.75) is 73.3 Å². The normalized spacial score (nSPS) is 20.1. The van der Waals surface area contributed by atoms with Crippen molar-refractivity contribution in [3.05, 3.63) is 0 Å². The smallest absolute Gasteiger partial charge is 0.326 e. The molecule has 0 bridgehead atoms. The number of hydrogen-bond donors (Lipinski definition) is 2. The molecular weight excluding hydrogens is 320 g/mol. The zero-order valence-electron chi connectivity index (χ0n) is 16.5. The van der Waals surface area contributed by atoms with Crippen LogP contribution in [-0.4, -0.2) is 46.9 Å². The van der Waals surface area contributed by atoms with Crippen molar-refractivity contribution in [1.29, 1.82) is 0 Å². The summed E-state index contributed by atoms with van der Waals surface area (Å²) >= 11 is 0. The number of carbonyl (C=O) groups is 3. The average Bonchev–Trinajstić information content (AvgIpc) is 2.48. The van der Waals surface area contributed by atoms with Gasteiger partial charge in [0.15, 0.2) is 0 Å². The Morgan fingerprint density at radius 3 is 2.24 bits per heavy atom. The lowest BCUT2D eigenvalue weighted by Gasteiger charge is -2.36. The Hall–Kier alpha value is -1.59. The molecule has 6 heteroatoms. The summed E-state index contributed by atoms with van der Waals surface area (Å²) in [6.07, 6.45) is 2.57. The van der Waals surface area contributed by atoms with Crippen molar-refractivity contribution in [2.24, 2.45) is 16.7 Å². The summed E-state index contributed by atoms with van der Waals surface area (Å²) in [7, 11) is 0. The van der Waals surface area contributed by atoms with Crippen molar-refractivity contribution in [3.63, 3.8) is 0 Å². The maximum Gasteiger partial charge on any atom is 0.326 e. The van der Waals surface area contributed by atoms with Crippen molar-refractivity contribution in [1.82, 2.24) is 10.2 Å². The van der Waals surface area contributed by atoms with Gasteiger partial charge in [-0.3, -0.25) is 9.59 Å². The number of nitrogens with zero attached hydrogens (tertiary/aromatic N) is 1. The van der Waals surface area contributed by atoms with E-state index in [4.69, 9.17) is 0 Å². The van der Waals surface area contributed by atoms with E-state index in [1.807, 2.05) is 41.5 Å². The van der Waals surface area contributed by atoms with Crippen LogP contribution in [0.25, 0.3) is 0 Å². The molecule has 1 saturated heterocycles. The third kappa shape index (κ3) is 7.04. The molecule has 1 aliphatic rings. The molecule has 144 valence electrons. The van der Waals surface area contributed by atoms with Gasteiger partial charge in [-0.15, -0.1) is 0 Å². The van der Waals surface area contributed by atoms with Crippen LogP contribution in [0.4, 0.5) is 0 Å². The van der Waals surface area contributed by atoms with Gasteiger partial charge >= 0.3 is 5.97 Å². The molecule has 0 saturated carbocycles. The second kappa shape index (κ2) is 8.19. The lowest BCUT2D eigenvalue weighted by molar-refractivity contribution is -0.146. The highest BCUT2D eigenvalue weighted by Gasteiger charge is 2.34. The minimum absolute atomic E-state index is 0.0131. The topological polar surface area (TPSA) is 86.7 Å². The molecule has 2 N–H and O–H groups in total. The van der Waals surface area contributed by atoms with Crippen molar-refractivity contribution < 1.29 is 19.5 Å². The lowest BCUT2D eigenvalue weighted by Crippen LogP contribution is -2.51. The number of piperidine rings is 1. The molecule has 2 unspecified atom stereocenters. The third-order valence-electron chi connectivity index (χ3n) is 4.52. The van der Waals surface area contributed by atoms with Gasteiger partial charge in [-0.25, -0.2) is 4.79 Å². The first-order valence-corrected chi connectivity index (χ1v) is 9.14. The number of amides is 2. The van der Waals surface area contributed by atoms with Gasteiger partial charge in [0.1, 0.15) is 6.04 Å². The van der Waals surface area contributed by atoms with Gasteiger partial charge in [0.05, 0.1) is 5.92 Å². The molecule has 6 nitrogen and oxygen atoms in total. The van der Waals surface area contributed by atoms with Gasteiger partial charge in [-0.2, -0.15) is 0 Å². The number of nitrogens with one attached hydrogen (secondary N) is 1. The molecule has 1 fully saturated rings. The van der Waals surface area contributed by atoms with E-state index in [1.165, 1.54) is 0 Å². The number of hydrogen-bond acceptors (Lipinski definition) is 3. The lowest BCUT2D eigenvalue weighted by atomic mass is 9.88. The summed E-state index contributed by atoms with van der Waals surface area (Å²) in [6.45, 7) is 12.8. The summed E-state index contributed by atoms with van der Waals surface area (Å²) in [5, 5.41) is 12.1. The molecule has 0 aromatic carbocycles. The van der Waals surface area contributed by atoms with Crippen LogP contribution in [0.2, 0.25) is 0 Å². The molecule has 25 heavy (non-hydrogen) atoms. The molecule has 0 spiro atoms. The number of likely N-dealkylation sites (tertiary alicyclic amines) is 1. The standard InChI is InChI=1S/C19H34N2O4/c1-18(2,3)10-9-14(16(23)24)20-15(22)13-8-7-11-21(12-13)17(25)19(4,5)6/h13-14H,7-12H2,1-6H3,(H,20,22)(H,23,24). The molecule has 0 radical (unpaired) electrons. The molecule has 0 aromatic heterocycles. The quantitative estimate of drug-likeness (QED) is 0.795. The summed E-state index contributed by atoms with van der Waals surface area (Å²) in [4.78, 5) is 38.2. The minimum Gasteiger partial charge on any atom is -0.480 e. The van der Waals surface area contributed by atoms with Gasteiger partial charge in [-0.1, -0.05) is 41.5 Å². The SMILES string of the molecule is CC(C)(C)CCC(NC(=O)C1CCCN(C(=O)C(C)(C)C)C1)C(=O)O. The number of carbonyl (C=O) groups excluding carboxylic acids is 2. The fourth-order valence-corrected chi connectivity index (χ4v) is 2.97. The maximum absolute atomic E-state index is 12.5. The van der Waals surface area contributed by atoms with Crippen molar-refractivity contribution in [2.75, 3.05) is 13.1 Å². The molecule has 0 aliphatic carbocycles. The number of carboxylic acid groups (broad SMARTS) is 1. The summed E-state index contributed by atoms with van der Waals surface area (Å²) in [6, 6.07) is -0.875. The largest absolute Gasteiger partial charge is 0.480 e. The first-order valence-electron chi connectivity index (χ1n) is 9.14. The minimum atomic E-state index is -1.00. The zero-order chi connectivity index (χ0) is 19.4. The molecule has 1 aliphatic heterocycles. The second-order valence-electron chi connectivity index (χ2n) is 9.34. The molecule has 2 amide bonds. The molecule has 0 aromatic rings. The average molecular weight is 354 g/mol. The van der Waals surface area contributed by atoms with E-state index in [-0.39, 0.29) is 23.1 Å². The van der Waals surface area contributed by atoms with E-state index in [0.717, 1.165) is 6.42 Å². The highest BCUT2D eigenvalue weighted by molar-refractivity contribution is 5.86. The fourth-order valence-electron chi connectivity index (χ4n) is 2.97. The van der Waals surface area contributed by atoms with Crippen LogP contribution >= 0.6 is 0 Å². The van der Waals surface area contributed by atoms with Crippen LogP contribution in [0.5, 0.6) is 0 Å². The highest BCUT2D eigenvalue weighted by Crippen LogP contribution is 2.25. The zero-order valence-corrected chi connectivity index (χ0v) is 16.5. The van der Waals surface area contributed by atoms with E-state index < -0.39 is 17.4 Å². The Bertz CT molecular complexity index is 503. The van der Waals surface area contributed by atoms with E-state index in [2.05, 4.69) is 5.32 Å². The van der Waals surface area contributed by atoms with E-state index in [0.29, 0.717) is 32.4 Å². The van der Waals surface area contributed by atoms with Crippen molar-refractivity contribution >= 4 is 17.8 Å². The van der Waals surface area contributed by atoms with Crippen LogP contribution in [0.15, 0.2) is 0 Å². The molecular formula is C19H34N2O4. The highest BCUT2D eigenvalue weighted by atomic mass is 16.4. The summed E-state index contributed by atoms with van der Waals surface area (Å²) in [5.74, 6) is -1.56.